The molecule has 0 aromatic carbocycles. The van der Waals surface area contributed by atoms with Crippen LogP contribution in [0.4, 0.5) is 11.8 Å². The monoisotopic (exact) mass is 486 g/mol. The van der Waals surface area contributed by atoms with Crippen molar-refractivity contribution in [2.24, 2.45) is 5.41 Å². The van der Waals surface area contributed by atoms with Crippen LogP contribution in [0, 0.1) is 5.41 Å². The number of nitrogens with one attached hydrogen (secondary N) is 1. The van der Waals surface area contributed by atoms with Crippen molar-refractivity contribution in [1.82, 2.24) is 19.9 Å². The molecule has 8 nitrogen and oxygen atoms in total. The Hall–Kier alpha value is -1.84. The molecule has 2 aromatic rings. The molecule has 33 heavy (non-hydrogen) atoms. The van der Waals surface area contributed by atoms with E-state index in [-0.39, 0.29) is 23.0 Å². The maximum atomic E-state index is 13.0. The van der Waals surface area contributed by atoms with Gasteiger partial charge in [-0.15, -0.1) is 0 Å². The van der Waals surface area contributed by atoms with Gasteiger partial charge in [-0.25, -0.2) is 15.0 Å². The molecule has 7 rings (SSSR count). The predicted molar refractivity (Wildman–Crippen MR) is 125 cm³/mol. The fraction of sp³-hybridized carbons (Fsp3) is 0.652. The molecular weight excluding hydrogens is 460 g/mol. The molecular formula is C23H27ClN6O2S. The summed E-state index contributed by atoms with van der Waals surface area (Å²) in [7, 11) is -1.08. The number of hydrogen-bond donors (Lipinski definition) is 2. The number of nitrogens with zero attached hydrogens (tertiary/aromatic N) is 5. The number of anilines is 2. The number of hydrogen-bond acceptors (Lipinski definition) is 8. The second-order valence-corrected chi connectivity index (χ2v) is 12.8. The summed E-state index contributed by atoms with van der Waals surface area (Å²) in [5.41, 5.74) is 0.918. The lowest BCUT2D eigenvalue weighted by Crippen LogP contribution is -2.62. The van der Waals surface area contributed by atoms with Gasteiger partial charge in [0.05, 0.1) is 33.7 Å². The summed E-state index contributed by atoms with van der Waals surface area (Å²) in [4.78, 5) is 21.7. The van der Waals surface area contributed by atoms with Gasteiger partial charge in [-0.2, -0.15) is 4.98 Å². The van der Waals surface area contributed by atoms with E-state index < -0.39 is 10.8 Å². The Labute approximate surface area is 200 Å². The van der Waals surface area contributed by atoms with Gasteiger partial charge in [0, 0.05) is 48.0 Å². The Kier molecular flexibility index (Phi) is 4.26. The smallest absolute Gasteiger partial charge is 0.227 e. The molecule has 0 bridgehead atoms. The summed E-state index contributed by atoms with van der Waals surface area (Å²) in [6, 6.07) is 0. The summed E-state index contributed by atoms with van der Waals surface area (Å²) >= 11 is 5.92. The van der Waals surface area contributed by atoms with E-state index in [0.717, 1.165) is 80.4 Å². The number of aliphatic hydroxyl groups is 1. The number of fused-ring (bicyclic) bond motifs is 2. The molecule has 3 aliphatic carbocycles. The van der Waals surface area contributed by atoms with E-state index in [1.807, 2.05) is 0 Å². The molecule has 4 heterocycles. The first-order valence-electron chi connectivity index (χ1n) is 11.8. The van der Waals surface area contributed by atoms with Crippen LogP contribution in [0.5, 0.6) is 0 Å². The first kappa shape index (κ1) is 20.5. The van der Waals surface area contributed by atoms with Gasteiger partial charge in [-0.3, -0.25) is 4.21 Å². The predicted octanol–water partition coefficient (Wildman–Crippen LogP) is 2.78. The lowest BCUT2D eigenvalue weighted by molar-refractivity contribution is 0.0582. The van der Waals surface area contributed by atoms with E-state index in [2.05, 4.69) is 20.2 Å². The summed E-state index contributed by atoms with van der Waals surface area (Å²) in [5, 5.41) is 14.1. The van der Waals surface area contributed by atoms with Crippen molar-refractivity contribution in [3.63, 3.8) is 0 Å². The van der Waals surface area contributed by atoms with E-state index in [4.69, 9.17) is 21.6 Å². The molecule has 4 fully saturated rings. The van der Waals surface area contributed by atoms with Gasteiger partial charge >= 0.3 is 0 Å². The molecule has 0 unspecified atom stereocenters. The molecule has 1 atom stereocenters. The zero-order valence-electron chi connectivity index (χ0n) is 18.4. The highest BCUT2D eigenvalue weighted by Crippen LogP contribution is 2.58. The standard InChI is InChI=1S/C23H27ClN6O2S/c24-15-8-25-18(26-9-15)14-6-21(7-14)10-30(11-21)20-27-17-16(33(32)13-22(17)4-5-22)19(28-20)29-23(12-31)2-1-3-23/h8-9,14,31H,1-7,10-13H2,(H,27,28,29)/t33-/m1/s1. The molecule has 174 valence electrons. The highest BCUT2D eigenvalue weighted by Gasteiger charge is 2.57. The van der Waals surface area contributed by atoms with Crippen LogP contribution in [0.2, 0.25) is 5.02 Å². The average molecular weight is 487 g/mol. The summed E-state index contributed by atoms with van der Waals surface area (Å²) in [5.74, 6) is 3.37. The van der Waals surface area contributed by atoms with Gasteiger partial charge in [-0.05, 0) is 44.9 Å². The first-order valence-corrected chi connectivity index (χ1v) is 13.5. The second kappa shape index (κ2) is 6.86. The maximum absolute atomic E-state index is 13.0. The SMILES string of the molecule is O=[S@@]1CC2(CC2)c2nc(N3CC4(CC(c5ncc(Cl)cn5)C4)C3)nc(NC3(CO)CCC3)c21. The van der Waals surface area contributed by atoms with E-state index in [1.54, 1.807) is 12.4 Å². The third-order valence-electron chi connectivity index (χ3n) is 8.54. The number of aliphatic hydroxyl groups excluding tert-OH is 1. The van der Waals surface area contributed by atoms with Crippen LogP contribution in [0.1, 0.15) is 62.4 Å². The van der Waals surface area contributed by atoms with Crippen molar-refractivity contribution in [1.29, 1.82) is 0 Å². The normalized spacial score (nSPS) is 27.6. The fourth-order valence-electron chi connectivity index (χ4n) is 6.21. The van der Waals surface area contributed by atoms with Crippen molar-refractivity contribution in [2.75, 3.05) is 35.7 Å². The van der Waals surface area contributed by atoms with Crippen LogP contribution < -0.4 is 10.2 Å². The molecule has 2 spiro atoms. The highest BCUT2D eigenvalue weighted by molar-refractivity contribution is 7.85. The summed E-state index contributed by atoms with van der Waals surface area (Å²) < 4.78 is 13.0. The molecule has 2 aromatic heterocycles. The van der Waals surface area contributed by atoms with E-state index in [0.29, 0.717) is 22.5 Å². The lowest BCUT2D eigenvalue weighted by Gasteiger charge is -2.58. The fourth-order valence-corrected chi connectivity index (χ4v) is 8.16. The third-order valence-corrected chi connectivity index (χ3v) is 10.4. The zero-order chi connectivity index (χ0) is 22.4. The summed E-state index contributed by atoms with van der Waals surface area (Å²) in [6.07, 6.45) is 10.5. The Bertz CT molecular complexity index is 1150. The van der Waals surface area contributed by atoms with E-state index in [1.165, 1.54) is 0 Å². The Balaban J connectivity index is 1.13. The van der Waals surface area contributed by atoms with Crippen LogP contribution in [-0.4, -0.2) is 60.2 Å². The molecule has 2 aliphatic heterocycles. The molecule has 3 saturated carbocycles. The van der Waals surface area contributed by atoms with Gasteiger partial charge in [0.25, 0.3) is 0 Å². The minimum Gasteiger partial charge on any atom is -0.394 e. The molecule has 5 aliphatic rings. The highest BCUT2D eigenvalue weighted by atomic mass is 35.5. The van der Waals surface area contributed by atoms with E-state index >= 15 is 0 Å². The van der Waals surface area contributed by atoms with Crippen molar-refractivity contribution < 1.29 is 9.32 Å². The minimum atomic E-state index is -1.08. The quantitative estimate of drug-likeness (QED) is 0.664. The second-order valence-electron chi connectivity index (χ2n) is 11.0. The molecule has 10 heteroatoms. The van der Waals surface area contributed by atoms with Crippen LogP contribution in [0.15, 0.2) is 17.3 Å². The molecule has 1 saturated heterocycles. The molecule has 0 amide bonds. The van der Waals surface area contributed by atoms with Crippen molar-refractivity contribution in [3.05, 3.63) is 28.9 Å². The van der Waals surface area contributed by atoms with Crippen LogP contribution in [0.3, 0.4) is 0 Å². The Morgan fingerprint density at radius 1 is 1.15 bits per heavy atom. The topological polar surface area (TPSA) is 104 Å². The minimum absolute atomic E-state index is 0.0175. The molecule has 2 N–H and O–H groups in total. The maximum Gasteiger partial charge on any atom is 0.227 e. The first-order chi connectivity index (χ1) is 15.9. The van der Waals surface area contributed by atoms with E-state index in [9.17, 15) is 9.32 Å². The third kappa shape index (κ3) is 3.08. The number of halogens is 1. The average Bonchev–Trinajstić information content (AvgIpc) is 3.43. The Morgan fingerprint density at radius 3 is 2.48 bits per heavy atom. The van der Waals surface area contributed by atoms with Crippen LogP contribution in [-0.2, 0) is 16.2 Å². The number of aromatic nitrogens is 4. The van der Waals surface area contributed by atoms with Gasteiger partial charge in [0.1, 0.15) is 16.5 Å². The largest absolute Gasteiger partial charge is 0.394 e. The van der Waals surface area contributed by atoms with Crippen molar-refractivity contribution in [2.45, 2.75) is 66.7 Å². The van der Waals surface area contributed by atoms with Crippen LogP contribution >= 0.6 is 11.6 Å². The van der Waals surface area contributed by atoms with Gasteiger partial charge < -0.3 is 15.3 Å². The number of rotatable bonds is 5. The lowest BCUT2D eigenvalue weighted by atomic mass is 9.57. The zero-order valence-corrected chi connectivity index (χ0v) is 20.0. The summed E-state index contributed by atoms with van der Waals surface area (Å²) in [6.45, 7) is 1.92. The van der Waals surface area contributed by atoms with Gasteiger partial charge in [-0.1, -0.05) is 11.6 Å². The van der Waals surface area contributed by atoms with Crippen molar-refractivity contribution in [3.8, 4) is 0 Å². The van der Waals surface area contributed by atoms with Crippen molar-refractivity contribution >= 4 is 34.2 Å². The van der Waals surface area contributed by atoms with Crippen LogP contribution in [0.25, 0.3) is 0 Å². The van der Waals surface area contributed by atoms with Gasteiger partial charge in [0.2, 0.25) is 5.95 Å². The Morgan fingerprint density at radius 2 is 1.88 bits per heavy atom. The van der Waals surface area contributed by atoms with Gasteiger partial charge in [0.15, 0.2) is 0 Å². The molecule has 0 radical (unpaired) electrons.